The normalized spacial score (nSPS) is 10.7. The minimum Gasteiger partial charge on any atom is -0.478 e. The number of rotatable bonds is 2. The van der Waals surface area contributed by atoms with Gasteiger partial charge in [0.2, 0.25) is 0 Å². The van der Waals surface area contributed by atoms with Crippen LogP contribution in [-0.2, 0) is 0 Å². The van der Waals surface area contributed by atoms with Gasteiger partial charge >= 0.3 is 5.97 Å². The highest BCUT2D eigenvalue weighted by molar-refractivity contribution is 5.94. The van der Waals surface area contributed by atoms with Crippen molar-refractivity contribution in [1.29, 1.82) is 0 Å². The molecule has 4 nitrogen and oxygen atoms in total. The SMILES string of the molecule is O=C(O)c1ccc2cc(-n3ccnc3)ccc2c1. The van der Waals surface area contributed by atoms with E-state index in [2.05, 4.69) is 4.98 Å². The number of aromatic carboxylic acids is 1. The molecule has 0 saturated heterocycles. The molecule has 1 aromatic heterocycles. The Morgan fingerprint density at radius 3 is 2.61 bits per heavy atom. The fraction of sp³-hybridized carbons (Fsp3) is 0. The highest BCUT2D eigenvalue weighted by Crippen LogP contribution is 2.20. The van der Waals surface area contributed by atoms with E-state index in [1.165, 1.54) is 0 Å². The predicted octanol–water partition coefficient (Wildman–Crippen LogP) is 2.72. The van der Waals surface area contributed by atoms with Crippen LogP contribution < -0.4 is 0 Å². The molecule has 0 bridgehead atoms. The van der Waals surface area contributed by atoms with Crippen molar-refractivity contribution < 1.29 is 9.90 Å². The van der Waals surface area contributed by atoms with Crippen molar-refractivity contribution in [2.75, 3.05) is 0 Å². The number of carboxylic acids is 1. The lowest BCUT2D eigenvalue weighted by Crippen LogP contribution is -1.95. The molecule has 0 saturated carbocycles. The van der Waals surface area contributed by atoms with Gasteiger partial charge in [-0.05, 0) is 35.0 Å². The predicted molar refractivity (Wildman–Crippen MR) is 68.0 cm³/mol. The van der Waals surface area contributed by atoms with Crippen LogP contribution in [0.3, 0.4) is 0 Å². The second-order valence-corrected chi connectivity index (χ2v) is 4.02. The average molecular weight is 238 g/mol. The fourth-order valence-electron chi connectivity index (χ4n) is 1.94. The zero-order chi connectivity index (χ0) is 12.5. The molecule has 0 fully saturated rings. The van der Waals surface area contributed by atoms with Crippen LogP contribution in [0.25, 0.3) is 16.5 Å². The van der Waals surface area contributed by atoms with E-state index in [-0.39, 0.29) is 0 Å². The van der Waals surface area contributed by atoms with Crippen molar-refractivity contribution in [2.24, 2.45) is 0 Å². The Kier molecular flexibility index (Phi) is 2.34. The summed E-state index contributed by atoms with van der Waals surface area (Å²) in [5.41, 5.74) is 1.31. The molecule has 0 aliphatic heterocycles. The number of imidazole rings is 1. The first-order valence-electron chi connectivity index (χ1n) is 5.49. The van der Waals surface area contributed by atoms with Crippen LogP contribution in [0, 0.1) is 0 Å². The summed E-state index contributed by atoms with van der Waals surface area (Å²) in [4.78, 5) is 14.9. The summed E-state index contributed by atoms with van der Waals surface area (Å²) in [5, 5.41) is 10.9. The van der Waals surface area contributed by atoms with Crippen LogP contribution >= 0.6 is 0 Å². The number of hydrogen-bond donors (Lipinski definition) is 1. The van der Waals surface area contributed by atoms with Gasteiger partial charge in [0.15, 0.2) is 0 Å². The van der Waals surface area contributed by atoms with Crippen molar-refractivity contribution in [3.8, 4) is 5.69 Å². The van der Waals surface area contributed by atoms with Gasteiger partial charge in [0.25, 0.3) is 0 Å². The van der Waals surface area contributed by atoms with Gasteiger partial charge in [0, 0.05) is 18.1 Å². The van der Waals surface area contributed by atoms with Crippen LogP contribution in [0.5, 0.6) is 0 Å². The topological polar surface area (TPSA) is 55.1 Å². The monoisotopic (exact) mass is 238 g/mol. The number of benzene rings is 2. The van der Waals surface area contributed by atoms with E-state index in [0.29, 0.717) is 5.56 Å². The van der Waals surface area contributed by atoms with E-state index in [4.69, 9.17) is 5.11 Å². The van der Waals surface area contributed by atoms with Gasteiger partial charge < -0.3 is 9.67 Å². The number of fused-ring (bicyclic) bond motifs is 1. The zero-order valence-corrected chi connectivity index (χ0v) is 9.45. The summed E-state index contributed by atoms with van der Waals surface area (Å²) in [6.45, 7) is 0. The molecule has 0 amide bonds. The number of aromatic nitrogens is 2. The summed E-state index contributed by atoms with van der Waals surface area (Å²) in [5.74, 6) is -0.907. The van der Waals surface area contributed by atoms with Crippen LogP contribution in [0.2, 0.25) is 0 Å². The second kappa shape index (κ2) is 4.00. The van der Waals surface area contributed by atoms with E-state index >= 15 is 0 Å². The Labute approximate surface area is 103 Å². The Morgan fingerprint density at radius 2 is 1.89 bits per heavy atom. The second-order valence-electron chi connectivity index (χ2n) is 4.02. The third-order valence-electron chi connectivity index (χ3n) is 2.87. The highest BCUT2D eigenvalue weighted by atomic mass is 16.4. The van der Waals surface area contributed by atoms with Gasteiger partial charge in [-0.2, -0.15) is 0 Å². The van der Waals surface area contributed by atoms with Gasteiger partial charge in [-0.25, -0.2) is 9.78 Å². The number of hydrogen-bond acceptors (Lipinski definition) is 2. The lowest BCUT2D eigenvalue weighted by atomic mass is 10.1. The molecule has 0 spiro atoms. The molecule has 1 N–H and O–H groups in total. The molecular formula is C14H10N2O2. The molecule has 3 aromatic rings. The highest BCUT2D eigenvalue weighted by Gasteiger charge is 2.04. The number of nitrogens with zero attached hydrogens (tertiary/aromatic N) is 2. The first-order valence-corrected chi connectivity index (χ1v) is 5.49. The molecule has 0 radical (unpaired) electrons. The van der Waals surface area contributed by atoms with Crippen molar-refractivity contribution in [2.45, 2.75) is 0 Å². The molecule has 3 rings (SSSR count). The Balaban J connectivity index is 2.14. The summed E-state index contributed by atoms with van der Waals surface area (Å²) >= 11 is 0. The summed E-state index contributed by atoms with van der Waals surface area (Å²) < 4.78 is 1.91. The third-order valence-corrected chi connectivity index (χ3v) is 2.87. The molecule has 1 heterocycles. The van der Waals surface area contributed by atoms with E-state index in [0.717, 1.165) is 16.5 Å². The van der Waals surface area contributed by atoms with E-state index in [9.17, 15) is 4.79 Å². The van der Waals surface area contributed by atoms with Gasteiger partial charge in [-0.1, -0.05) is 12.1 Å². The summed E-state index contributed by atoms with van der Waals surface area (Å²) in [7, 11) is 0. The van der Waals surface area contributed by atoms with Gasteiger partial charge in [0.05, 0.1) is 11.9 Å². The smallest absolute Gasteiger partial charge is 0.335 e. The molecule has 88 valence electrons. The van der Waals surface area contributed by atoms with E-state index in [1.54, 1.807) is 24.7 Å². The lowest BCUT2D eigenvalue weighted by Gasteiger charge is -2.05. The van der Waals surface area contributed by atoms with Crippen LogP contribution in [0.15, 0.2) is 55.1 Å². The maximum atomic E-state index is 10.9. The van der Waals surface area contributed by atoms with Gasteiger partial charge in [0.1, 0.15) is 0 Å². The zero-order valence-electron chi connectivity index (χ0n) is 9.45. The standard InChI is InChI=1S/C14H10N2O2/c17-14(18)12-2-1-11-8-13(4-3-10(11)7-12)16-6-5-15-9-16/h1-9H,(H,17,18). The maximum absolute atomic E-state index is 10.9. The van der Waals surface area contributed by atoms with Crippen molar-refractivity contribution in [3.05, 3.63) is 60.7 Å². The Bertz CT molecular complexity index is 718. The van der Waals surface area contributed by atoms with Crippen LogP contribution in [0.1, 0.15) is 10.4 Å². The minimum atomic E-state index is -0.907. The fourth-order valence-corrected chi connectivity index (χ4v) is 1.94. The molecule has 0 unspecified atom stereocenters. The van der Waals surface area contributed by atoms with Crippen LogP contribution in [0.4, 0.5) is 0 Å². The molecule has 0 aliphatic carbocycles. The largest absolute Gasteiger partial charge is 0.478 e. The lowest BCUT2D eigenvalue weighted by molar-refractivity contribution is 0.0697. The van der Waals surface area contributed by atoms with Crippen molar-refractivity contribution in [3.63, 3.8) is 0 Å². The van der Waals surface area contributed by atoms with Crippen molar-refractivity contribution >= 4 is 16.7 Å². The maximum Gasteiger partial charge on any atom is 0.335 e. The minimum absolute atomic E-state index is 0.304. The molecule has 0 atom stereocenters. The Hall–Kier alpha value is -2.62. The van der Waals surface area contributed by atoms with Crippen LogP contribution in [-0.4, -0.2) is 20.6 Å². The molecule has 0 aliphatic rings. The van der Waals surface area contributed by atoms with Gasteiger partial charge in [-0.15, -0.1) is 0 Å². The first kappa shape index (κ1) is 10.5. The van der Waals surface area contributed by atoms with E-state index < -0.39 is 5.97 Å². The molecule has 4 heteroatoms. The molecule has 2 aromatic carbocycles. The van der Waals surface area contributed by atoms with E-state index in [1.807, 2.05) is 35.0 Å². The first-order chi connectivity index (χ1) is 8.74. The molecular weight excluding hydrogens is 228 g/mol. The summed E-state index contributed by atoms with van der Waals surface area (Å²) in [6.07, 6.45) is 5.32. The Morgan fingerprint density at radius 1 is 1.11 bits per heavy atom. The third kappa shape index (κ3) is 1.73. The number of carbonyl (C=O) groups is 1. The average Bonchev–Trinajstić information content (AvgIpc) is 2.91. The quantitative estimate of drug-likeness (QED) is 0.746. The molecule has 18 heavy (non-hydrogen) atoms. The number of carboxylic acid groups (broad SMARTS) is 1. The van der Waals surface area contributed by atoms with Gasteiger partial charge in [-0.3, -0.25) is 0 Å². The van der Waals surface area contributed by atoms with Crippen molar-refractivity contribution in [1.82, 2.24) is 9.55 Å². The summed E-state index contributed by atoms with van der Waals surface area (Å²) in [6, 6.07) is 11.0.